The van der Waals surface area contributed by atoms with Crippen molar-refractivity contribution in [2.45, 2.75) is 19.6 Å². The largest absolute Gasteiger partial charge is 0.484 e. The quantitative estimate of drug-likeness (QED) is 0.820. The number of ether oxygens (including phenoxy) is 1. The Morgan fingerprint density at radius 2 is 1.94 bits per heavy atom. The summed E-state index contributed by atoms with van der Waals surface area (Å²) in [7, 11) is 0. The number of hydrogen-bond donors (Lipinski definition) is 1. The second-order valence-corrected chi connectivity index (χ2v) is 3.32. The fraction of sp³-hybridized carbons (Fsp3) is 0.400. The van der Waals surface area contributed by atoms with Gasteiger partial charge in [0.05, 0.1) is 0 Å². The second-order valence-electron chi connectivity index (χ2n) is 3.32. The lowest BCUT2D eigenvalue weighted by Gasteiger charge is -2.14. The van der Waals surface area contributed by atoms with Crippen LogP contribution in [0.1, 0.15) is 11.1 Å². The van der Waals surface area contributed by atoms with Crippen LogP contribution in [0.5, 0.6) is 5.75 Å². The highest BCUT2D eigenvalue weighted by Gasteiger charge is 2.29. The highest BCUT2D eigenvalue weighted by atomic mass is 19.4. The number of halogens is 4. The topological polar surface area (TPSA) is 35.2 Å². The average molecular weight is 237 g/mol. The molecule has 0 saturated heterocycles. The summed E-state index contributed by atoms with van der Waals surface area (Å²) in [5.74, 6) is -0.543. The van der Waals surface area contributed by atoms with Crippen molar-refractivity contribution in [3.63, 3.8) is 0 Å². The zero-order valence-electron chi connectivity index (χ0n) is 8.57. The molecule has 0 aliphatic heterocycles. The summed E-state index contributed by atoms with van der Waals surface area (Å²) < 4.78 is 53.4. The smallest absolute Gasteiger partial charge is 0.422 e. The van der Waals surface area contributed by atoms with E-state index in [-0.39, 0.29) is 17.9 Å². The molecule has 0 aliphatic carbocycles. The Labute approximate surface area is 90.0 Å². The van der Waals surface area contributed by atoms with Gasteiger partial charge < -0.3 is 10.5 Å². The van der Waals surface area contributed by atoms with Crippen LogP contribution in [-0.4, -0.2) is 12.8 Å². The number of nitrogens with two attached hydrogens (primary N) is 1. The van der Waals surface area contributed by atoms with E-state index in [4.69, 9.17) is 5.73 Å². The van der Waals surface area contributed by atoms with E-state index in [2.05, 4.69) is 4.74 Å². The summed E-state index contributed by atoms with van der Waals surface area (Å²) in [5, 5.41) is 0. The van der Waals surface area contributed by atoms with Gasteiger partial charge in [-0.2, -0.15) is 13.2 Å². The zero-order chi connectivity index (χ0) is 12.3. The lowest BCUT2D eigenvalue weighted by Crippen LogP contribution is -2.20. The van der Waals surface area contributed by atoms with Gasteiger partial charge in [-0.15, -0.1) is 0 Å². The van der Waals surface area contributed by atoms with E-state index < -0.39 is 18.6 Å². The van der Waals surface area contributed by atoms with Crippen LogP contribution in [0.25, 0.3) is 0 Å². The van der Waals surface area contributed by atoms with E-state index in [1.807, 2.05) is 0 Å². The van der Waals surface area contributed by atoms with Crippen molar-refractivity contribution in [1.29, 1.82) is 0 Å². The first-order valence-electron chi connectivity index (χ1n) is 4.52. The molecule has 0 unspecified atom stereocenters. The molecule has 90 valence electrons. The van der Waals surface area contributed by atoms with E-state index in [1.54, 1.807) is 0 Å². The van der Waals surface area contributed by atoms with Crippen molar-refractivity contribution < 1.29 is 22.3 Å². The molecule has 0 aromatic heterocycles. The zero-order valence-corrected chi connectivity index (χ0v) is 8.57. The predicted molar refractivity (Wildman–Crippen MR) is 50.6 cm³/mol. The molecule has 0 fully saturated rings. The minimum absolute atomic E-state index is 0.00113. The van der Waals surface area contributed by atoms with Crippen molar-refractivity contribution in [2.75, 3.05) is 6.61 Å². The molecule has 6 heteroatoms. The molecule has 0 atom stereocenters. The summed E-state index contributed by atoms with van der Waals surface area (Å²) in [5.41, 5.74) is 5.82. The number of alkyl halides is 3. The van der Waals surface area contributed by atoms with Crippen LogP contribution < -0.4 is 10.5 Å². The molecule has 0 spiro atoms. The highest BCUT2D eigenvalue weighted by molar-refractivity contribution is 5.41. The summed E-state index contributed by atoms with van der Waals surface area (Å²) in [6.45, 7) is -0.0216. The Morgan fingerprint density at radius 3 is 2.44 bits per heavy atom. The molecular formula is C10H11F4NO. The Hall–Kier alpha value is -1.30. The Bertz CT molecular complexity index is 376. The van der Waals surface area contributed by atoms with Gasteiger partial charge in [-0.1, -0.05) is 0 Å². The van der Waals surface area contributed by atoms with Crippen LogP contribution in [0.3, 0.4) is 0 Å². The first-order chi connectivity index (χ1) is 7.33. The van der Waals surface area contributed by atoms with Crippen LogP contribution in [-0.2, 0) is 6.54 Å². The van der Waals surface area contributed by atoms with Crippen LogP contribution in [0.15, 0.2) is 12.1 Å². The first kappa shape index (κ1) is 12.8. The first-order valence-corrected chi connectivity index (χ1v) is 4.52. The number of aryl methyl sites for hydroxylation is 1. The van der Waals surface area contributed by atoms with Gasteiger partial charge in [0.15, 0.2) is 6.61 Å². The maximum Gasteiger partial charge on any atom is 0.422 e. The minimum atomic E-state index is -4.42. The molecule has 2 nitrogen and oxygen atoms in total. The van der Waals surface area contributed by atoms with Crippen molar-refractivity contribution >= 4 is 0 Å². The Balaban J connectivity index is 2.94. The van der Waals surface area contributed by atoms with E-state index in [0.717, 1.165) is 12.1 Å². The third-order valence-electron chi connectivity index (χ3n) is 1.92. The second kappa shape index (κ2) is 4.69. The summed E-state index contributed by atoms with van der Waals surface area (Å²) in [6, 6.07) is 2.17. The van der Waals surface area contributed by atoms with Gasteiger partial charge in [0.1, 0.15) is 11.6 Å². The van der Waals surface area contributed by atoms with E-state index >= 15 is 0 Å². The predicted octanol–water partition coefficient (Wildman–Crippen LogP) is 2.53. The molecule has 0 amide bonds. The molecule has 0 bridgehead atoms. The fourth-order valence-electron chi connectivity index (χ4n) is 1.31. The molecular weight excluding hydrogens is 226 g/mol. The monoisotopic (exact) mass is 237 g/mol. The van der Waals surface area contributed by atoms with E-state index in [9.17, 15) is 17.6 Å². The third kappa shape index (κ3) is 3.37. The van der Waals surface area contributed by atoms with Gasteiger partial charge in [0.2, 0.25) is 0 Å². The Morgan fingerprint density at radius 1 is 1.31 bits per heavy atom. The van der Waals surface area contributed by atoms with Gasteiger partial charge in [0, 0.05) is 12.1 Å². The number of rotatable bonds is 3. The van der Waals surface area contributed by atoms with Crippen LogP contribution in [0.2, 0.25) is 0 Å². The maximum absolute atomic E-state index is 12.9. The van der Waals surface area contributed by atoms with Gasteiger partial charge in [-0.3, -0.25) is 0 Å². The lowest BCUT2D eigenvalue weighted by molar-refractivity contribution is -0.153. The van der Waals surface area contributed by atoms with Crippen molar-refractivity contribution in [3.05, 3.63) is 29.1 Å². The molecule has 0 aliphatic rings. The highest BCUT2D eigenvalue weighted by Crippen LogP contribution is 2.26. The average Bonchev–Trinajstić information content (AvgIpc) is 2.13. The fourth-order valence-corrected chi connectivity index (χ4v) is 1.31. The van der Waals surface area contributed by atoms with Gasteiger partial charge in [-0.05, 0) is 24.6 Å². The lowest BCUT2D eigenvalue weighted by atomic mass is 10.1. The SMILES string of the molecule is Cc1cc(F)cc(CN)c1OCC(F)(F)F. The van der Waals surface area contributed by atoms with Crippen molar-refractivity contribution in [2.24, 2.45) is 5.73 Å². The van der Waals surface area contributed by atoms with Crippen molar-refractivity contribution in [3.8, 4) is 5.75 Å². The Kier molecular flexibility index (Phi) is 3.74. The van der Waals surface area contributed by atoms with Gasteiger partial charge >= 0.3 is 6.18 Å². The molecule has 2 N–H and O–H groups in total. The van der Waals surface area contributed by atoms with Crippen molar-refractivity contribution in [1.82, 2.24) is 0 Å². The molecule has 1 aromatic rings. The molecule has 1 rings (SSSR count). The van der Waals surface area contributed by atoms with E-state index in [0.29, 0.717) is 5.56 Å². The number of benzene rings is 1. The molecule has 0 radical (unpaired) electrons. The van der Waals surface area contributed by atoms with Gasteiger partial charge in [0.25, 0.3) is 0 Å². The summed E-state index contributed by atoms with van der Waals surface area (Å²) in [4.78, 5) is 0. The van der Waals surface area contributed by atoms with Crippen LogP contribution in [0, 0.1) is 12.7 Å². The molecule has 0 heterocycles. The van der Waals surface area contributed by atoms with E-state index in [1.165, 1.54) is 6.92 Å². The number of hydrogen-bond acceptors (Lipinski definition) is 2. The molecule has 16 heavy (non-hydrogen) atoms. The summed E-state index contributed by atoms with van der Waals surface area (Å²) in [6.07, 6.45) is -4.42. The summed E-state index contributed by atoms with van der Waals surface area (Å²) >= 11 is 0. The van der Waals surface area contributed by atoms with Gasteiger partial charge in [-0.25, -0.2) is 4.39 Å². The normalized spacial score (nSPS) is 11.6. The molecule has 0 saturated carbocycles. The maximum atomic E-state index is 12.9. The van der Waals surface area contributed by atoms with Crippen LogP contribution >= 0.6 is 0 Å². The third-order valence-corrected chi connectivity index (χ3v) is 1.92. The van der Waals surface area contributed by atoms with Crippen LogP contribution in [0.4, 0.5) is 17.6 Å². The molecule has 1 aromatic carbocycles. The standard InChI is InChI=1S/C10H11F4NO/c1-6-2-8(11)3-7(4-15)9(6)16-5-10(12,13)14/h2-3H,4-5,15H2,1H3. The minimum Gasteiger partial charge on any atom is -0.484 e.